The molecule has 0 aromatic carbocycles. The van der Waals surface area contributed by atoms with Crippen molar-refractivity contribution in [1.82, 2.24) is 19.9 Å². The molecule has 1 aliphatic heterocycles. The lowest BCUT2D eigenvalue weighted by molar-refractivity contribution is 0.0605. The monoisotopic (exact) mass is 318 g/mol. The Kier molecular flexibility index (Phi) is 4.04. The van der Waals surface area contributed by atoms with Gasteiger partial charge in [0, 0.05) is 17.3 Å². The minimum atomic E-state index is 0.0229. The Bertz CT molecular complexity index is 641. The standard InChI is InChI=1S/C16H22N4OS/c1-16(2,3)13-9-22-14(19-13)12-6-4-5-7-20(12)15(21)11-8-17-10-18-11/h8-10,12H,4-7H2,1-3H3,(H,17,18). The van der Waals surface area contributed by atoms with Crippen LogP contribution in [0.2, 0.25) is 0 Å². The third-order valence-electron chi connectivity index (χ3n) is 4.07. The van der Waals surface area contributed by atoms with Gasteiger partial charge in [-0.05, 0) is 19.3 Å². The first-order valence-electron chi connectivity index (χ1n) is 7.72. The molecular formula is C16H22N4OS. The van der Waals surface area contributed by atoms with Crippen molar-refractivity contribution in [3.8, 4) is 0 Å². The average molecular weight is 318 g/mol. The summed E-state index contributed by atoms with van der Waals surface area (Å²) in [5, 5.41) is 3.18. The molecule has 2 aromatic heterocycles. The maximum Gasteiger partial charge on any atom is 0.272 e. The van der Waals surface area contributed by atoms with E-state index in [1.54, 1.807) is 23.9 Å². The van der Waals surface area contributed by atoms with E-state index in [0.717, 1.165) is 36.5 Å². The summed E-state index contributed by atoms with van der Waals surface area (Å²) in [5.74, 6) is 0.0229. The van der Waals surface area contributed by atoms with Crippen LogP contribution in [-0.4, -0.2) is 32.3 Å². The summed E-state index contributed by atoms with van der Waals surface area (Å²) in [4.78, 5) is 26.3. The minimum absolute atomic E-state index is 0.0229. The number of nitrogens with one attached hydrogen (secondary N) is 1. The molecule has 1 amide bonds. The molecular weight excluding hydrogens is 296 g/mol. The molecule has 1 N–H and O–H groups in total. The fourth-order valence-electron chi connectivity index (χ4n) is 2.74. The number of likely N-dealkylation sites (tertiary alicyclic amines) is 1. The van der Waals surface area contributed by atoms with E-state index in [9.17, 15) is 4.79 Å². The largest absolute Gasteiger partial charge is 0.341 e. The second-order valence-corrected chi connectivity index (χ2v) is 7.69. The first-order valence-corrected chi connectivity index (χ1v) is 8.60. The van der Waals surface area contributed by atoms with Crippen LogP contribution in [0.15, 0.2) is 17.9 Å². The maximum absolute atomic E-state index is 12.7. The van der Waals surface area contributed by atoms with Crippen molar-refractivity contribution >= 4 is 17.2 Å². The van der Waals surface area contributed by atoms with E-state index in [1.807, 2.05) is 4.90 Å². The number of imidazole rings is 1. The predicted molar refractivity (Wildman–Crippen MR) is 87.0 cm³/mol. The first kappa shape index (κ1) is 15.2. The summed E-state index contributed by atoms with van der Waals surface area (Å²) in [6, 6.07) is 0.0886. The summed E-state index contributed by atoms with van der Waals surface area (Å²) in [5.41, 5.74) is 1.70. The maximum atomic E-state index is 12.7. The van der Waals surface area contributed by atoms with Crippen LogP contribution in [0, 0.1) is 0 Å². The van der Waals surface area contributed by atoms with Crippen LogP contribution in [0.5, 0.6) is 0 Å². The van der Waals surface area contributed by atoms with Gasteiger partial charge in [-0.25, -0.2) is 9.97 Å². The molecule has 1 fully saturated rings. The molecule has 6 heteroatoms. The summed E-state index contributed by atoms with van der Waals surface area (Å²) in [6.07, 6.45) is 6.32. The van der Waals surface area contributed by atoms with Crippen LogP contribution in [-0.2, 0) is 5.41 Å². The Morgan fingerprint density at radius 2 is 2.23 bits per heavy atom. The molecule has 118 valence electrons. The third kappa shape index (κ3) is 2.92. The molecule has 5 nitrogen and oxygen atoms in total. The highest BCUT2D eigenvalue weighted by atomic mass is 32.1. The lowest BCUT2D eigenvalue weighted by atomic mass is 9.93. The van der Waals surface area contributed by atoms with Gasteiger partial charge in [-0.2, -0.15) is 0 Å². The number of H-pyrrole nitrogens is 1. The lowest BCUT2D eigenvalue weighted by Crippen LogP contribution is -2.38. The normalized spacial score (nSPS) is 19.4. The average Bonchev–Trinajstić information content (AvgIpc) is 3.17. The van der Waals surface area contributed by atoms with Crippen molar-refractivity contribution in [3.63, 3.8) is 0 Å². The molecule has 1 saturated heterocycles. The van der Waals surface area contributed by atoms with Crippen molar-refractivity contribution in [3.05, 3.63) is 34.3 Å². The van der Waals surface area contributed by atoms with Crippen molar-refractivity contribution in [2.75, 3.05) is 6.54 Å². The zero-order chi connectivity index (χ0) is 15.7. The van der Waals surface area contributed by atoms with Crippen LogP contribution in [0.25, 0.3) is 0 Å². The summed E-state index contributed by atoms with van der Waals surface area (Å²) >= 11 is 1.67. The predicted octanol–water partition coefficient (Wildman–Crippen LogP) is 3.53. The van der Waals surface area contributed by atoms with Crippen molar-refractivity contribution < 1.29 is 4.79 Å². The van der Waals surface area contributed by atoms with Gasteiger partial charge in [-0.3, -0.25) is 4.79 Å². The van der Waals surface area contributed by atoms with Gasteiger partial charge in [0.15, 0.2) is 0 Å². The van der Waals surface area contributed by atoms with Crippen LogP contribution < -0.4 is 0 Å². The molecule has 22 heavy (non-hydrogen) atoms. The number of rotatable bonds is 2. The zero-order valence-corrected chi connectivity index (χ0v) is 14.1. The van der Waals surface area contributed by atoms with Crippen molar-refractivity contribution in [2.45, 2.75) is 51.5 Å². The van der Waals surface area contributed by atoms with Gasteiger partial charge >= 0.3 is 0 Å². The van der Waals surface area contributed by atoms with Crippen molar-refractivity contribution in [1.29, 1.82) is 0 Å². The van der Waals surface area contributed by atoms with Gasteiger partial charge < -0.3 is 9.88 Å². The summed E-state index contributed by atoms with van der Waals surface area (Å²) < 4.78 is 0. The van der Waals surface area contributed by atoms with Gasteiger partial charge in [0.2, 0.25) is 0 Å². The van der Waals surface area contributed by atoms with E-state index in [-0.39, 0.29) is 17.4 Å². The van der Waals surface area contributed by atoms with Gasteiger partial charge in [0.25, 0.3) is 5.91 Å². The Morgan fingerprint density at radius 3 is 2.86 bits per heavy atom. The molecule has 0 spiro atoms. The zero-order valence-electron chi connectivity index (χ0n) is 13.3. The number of nitrogens with zero attached hydrogens (tertiary/aromatic N) is 3. The molecule has 2 aromatic rings. The number of carbonyl (C=O) groups excluding carboxylic acids is 1. The molecule has 0 bridgehead atoms. The highest BCUT2D eigenvalue weighted by Crippen LogP contribution is 2.35. The molecule has 3 rings (SSSR count). The molecule has 0 saturated carbocycles. The highest BCUT2D eigenvalue weighted by molar-refractivity contribution is 7.09. The van der Waals surface area contributed by atoms with Gasteiger partial charge in [-0.1, -0.05) is 20.8 Å². The number of hydrogen-bond acceptors (Lipinski definition) is 4. The summed E-state index contributed by atoms with van der Waals surface area (Å²) in [6.45, 7) is 7.29. The number of hydrogen-bond donors (Lipinski definition) is 1. The molecule has 1 unspecified atom stereocenters. The topological polar surface area (TPSA) is 61.9 Å². The molecule has 0 radical (unpaired) electrons. The quantitative estimate of drug-likeness (QED) is 0.921. The smallest absolute Gasteiger partial charge is 0.272 e. The third-order valence-corrected chi connectivity index (χ3v) is 5.01. The number of thiazole rings is 1. The van der Waals surface area contributed by atoms with Gasteiger partial charge in [0.05, 0.1) is 24.3 Å². The van der Waals surface area contributed by atoms with Crippen molar-refractivity contribution in [2.24, 2.45) is 0 Å². The highest BCUT2D eigenvalue weighted by Gasteiger charge is 2.32. The number of aromatic nitrogens is 3. The first-order chi connectivity index (χ1) is 10.5. The van der Waals surface area contributed by atoms with Crippen LogP contribution in [0.1, 0.15) is 67.3 Å². The molecule has 1 atom stereocenters. The van der Waals surface area contributed by atoms with E-state index in [2.05, 4.69) is 36.1 Å². The Morgan fingerprint density at radius 1 is 1.41 bits per heavy atom. The van der Waals surface area contributed by atoms with E-state index in [1.165, 1.54) is 0 Å². The molecule has 0 aliphatic carbocycles. The lowest BCUT2D eigenvalue weighted by Gasteiger charge is -2.34. The fourth-order valence-corrected chi connectivity index (χ4v) is 3.94. The van der Waals surface area contributed by atoms with E-state index in [4.69, 9.17) is 4.98 Å². The summed E-state index contributed by atoms with van der Waals surface area (Å²) in [7, 11) is 0. The van der Waals surface area contributed by atoms with E-state index in [0.29, 0.717) is 5.69 Å². The number of carbonyl (C=O) groups is 1. The number of aromatic amines is 1. The van der Waals surface area contributed by atoms with Crippen LogP contribution in [0.3, 0.4) is 0 Å². The van der Waals surface area contributed by atoms with E-state index < -0.39 is 0 Å². The van der Waals surface area contributed by atoms with Gasteiger partial charge in [0.1, 0.15) is 10.7 Å². The van der Waals surface area contributed by atoms with Crippen LogP contribution >= 0.6 is 11.3 Å². The Balaban J connectivity index is 1.87. The van der Waals surface area contributed by atoms with E-state index >= 15 is 0 Å². The minimum Gasteiger partial charge on any atom is -0.341 e. The van der Waals surface area contributed by atoms with Gasteiger partial charge in [-0.15, -0.1) is 11.3 Å². The number of amides is 1. The second kappa shape index (κ2) is 5.83. The SMILES string of the molecule is CC(C)(C)c1csc(C2CCCCN2C(=O)c2cnc[nH]2)n1. The Hall–Kier alpha value is -1.69. The Labute approximate surface area is 134 Å². The number of piperidine rings is 1. The fraction of sp³-hybridized carbons (Fsp3) is 0.562. The molecule has 1 aliphatic rings. The second-order valence-electron chi connectivity index (χ2n) is 6.80. The molecule has 3 heterocycles. The van der Waals surface area contributed by atoms with Crippen LogP contribution in [0.4, 0.5) is 0 Å².